The lowest BCUT2D eigenvalue weighted by molar-refractivity contribution is 0.525. The van der Waals surface area contributed by atoms with Crippen LogP contribution in [0.25, 0.3) is 11.3 Å². The van der Waals surface area contributed by atoms with Crippen LogP contribution in [-0.2, 0) is 18.4 Å². The third-order valence-electron chi connectivity index (χ3n) is 4.10. The second kappa shape index (κ2) is 5.03. The van der Waals surface area contributed by atoms with E-state index in [-0.39, 0.29) is 5.41 Å². The van der Waals surface area contributed by atoms with Crippen molar-refractivity contribution < 1.29 is 0 Å². The molecule has 0 radical (unpaired) electrons. The van der Waals surface area contributed by atoms with Crippen LogP contribution >= 0.6 is 15.9 Å². The molecule has 106 valence electrons. The predicted octanol–water partition coefficient (Wildman–Crippen LogP) is 4.95. The lowest BCUT2D eigenvalue weighted by Gasteiger charge is -2.19. The van der Waals surface area contributed by atoms with Gasteiger partial charge < -0.3 is 4.57 Å². The minimum atomic E-state index is 0.201. The van der Waals surface area contributed by atoms with Crippen LogP contribution in [0, 0.1) is 0 Å². The Bertz CT molecular complexity index is 618. The molecule has 1 aliphatic heterocycles. The molecule has 2 heterocycles. The van der Waals surface area contributed by atoms with E-state index in [0.29, 0.717) is 0 Å². The molecule has 2 nitrogen and oxygen atoms in total. The summed E-state index contributed by atoms with van der Waals surface area (Å²) in [4.78, 5) is 4.73. The fourth-order valence-electron chi connectivity index (χ4n) is 2.86. The summed E-state index contributed by atoms with van der Waals surface area (Å²) in [7, 11) is 0. The highest BCUT2D eigenvalue weighted by atomic mass is 79.9. The molecule has 0 amide bonds. The normalized spacial score (nSPS) is 15.2. The predicted molar refractivity (Wildman–Crippen MR) is 87.0 cm³/mol. The molecule has 20 heavy (non-hydrogen) atoms. The number of hydrogen-bond donors (Lipinski definition) is 0. The Morgan fingerprint density at radius 3 is 2.45 bits per heavy atom. The zero-order valence-electron chi connectivity index (χ0n) is 12.4. The number of fused-ring (bicyclic) bond motifs is 1. The number of halogens is 1. The molecule has 2 aromatic rings. The minimum Gasteiger partial charge on any atom is -0.322 e. The van der Waals surface area contributed by atoms with E-state index in [1.54, 1.807) is 0 Å². The first-order chi connectivity index (χ1) is 9.47. The zero-order chi connectivity index (χ0) is 14.3. The standard InChI is InChI=1S/C17H21BrN2/c1-17(2,3)13-9-7-12(8-10-13)15-14-6-4-5-11-20(14)16(18)19-15/h7-10H,4-6,11H2,1-3H3. The number of aromatic nitrogens is 2. The van der Waals surface area contributed by atoms with E-state index in [1.807, 2.05) is 0 Å². The summed E-state index contributed by atoms with van der Waals surface area (Å²) in [5.74, 6) is 0. The SMILES string of the molecule is CC(C)(C)c1ccc(-c2nc(Br)n3c2CCCC3)cc1. The van der Waals surface area contributed by atoms with Gasteiger partial charge >= 0.3 is 0 Å². The number of imidazole rings is 1. The quantitative estimate of drug-likeness (QED) is 0.722. The zero-order valence-corrected chi connectivity index (χ0v) is 14.0. The summed E-state index contributed by atoms with van der Waals surface area (Å²) in [6.45, 7) is 7.83. The Balaban J connectivity index is 2.01. The lowest BCUT2D eigenvalue weighted by Crippen LogP contribution is -2.11. The Morgan fingerprint density at radius 2 is 1.80 bits per heavy atom. The summed E-state index contributed by atoms with van der Waals surface area (Å²) >= 11 is 3.60. The molecular weight excluding hydrogens is 312 g/mol. The molecule has 0 unspecified atom stereocenters. The highest BCUT2D eigenvalue weighted by Gasteiger charge is 2.20. The smallest absolute Gasteiger partial charge is 0.177 e. The van der Waals surface area contributed by atoms with E-state index in [0.717, 1.165) is 23.4 Å². The molecule has 3 rings (SSSR count). The van der Waals surface area contributed by atoms with Gasteiger partial charge in [-0.15, -0.1) is 0 Å². The Morgan fingerprint density at radius 1 is 1.10 bits per heavy atom. The van der Waals surface area contributed by atoms with Crippen LogP contribution in [0.5, 0.6) is 0 Å². The van der Waals surface area contributed by atoms with Crippen LogP contribution in [0.4, 0.5) is 0 Å². The average Bonchev–Trinajstić information content (AvgIpc) is 2.76. The Hall–Kier alpha value is -1.09. The van der Waals surface area contributed by atoms with Gasteiger partial charge in [-0.25, -0.2) is 4.98 Å². The molecule has 0 fully saturated rings. The van der Waals surface area contributed by atoms with Crippen LogP contribution in [0.3, 0.4) is 0 Å². The lowest BCUT2D eigenvalue weighted by atomic mass is 9.86. The van der Waals surface area contributed by atoms with Crippen LogP contribution in [0.15, 0.2) is 29.0 Å². The van der Waals surface area contributed by atoms with Crippen LogP contribution in [0.2, 0.25) is 0 Å². The van der Waals surface area contributed by atoms with Crippen molar-refractivity contribution in [1.82, 2.24) is 9.55 Å². The molecule has 0 saturated carbocycles. The van der Waals surface area contributed by atoms with E-state index >= 15 is 0 Å². The molecule has 1 aliphatic rings. The molecule has 3 heteroatoms. The van der Waals surface area contributed by atoms with Crippen molar-refractivity contribution in [2.24, 2.45) is 0 Å². The number of nitrogens with zero attached hydrogens (tertiary/aromatic N) is 2. The fraction of sp³-hybridized carbons (Fsp3) is 0.471. The second-order valence-corrected chi connectivity index (χ2v) is 7.32. The van der Waals surface area contributed by atoms with Crippen molar-refractivity contribution in [3.05, 3.63) is 40.3 Å². The highest BCUT2D eigenvalue weighted by molar-refractivity contribution is 9.10. The van der Waals surface area contributed by atoms with E-state index in [4.69, 9.17) is 4.98 Å². The summed E-state index contributed by atoms with van der Waals surface area (Å²) in [6, 6.07) is 8.89. The molecule has 0 N–H and O–H groups in total. The van der Waals surface area contributed by atoms with Gasteiger partial charge in [0.25, 0.3) is 0 Å². The largest absolute Gasteiger partial charge is 0.322 e. The summed E-state index contributed by atoms with van der Waals surface area (Å²) in [6.07, 6.45) is 3.66. The van der Waals surface area contributed by atoms with Crippen molar-refractivity contribution in [2.75, 3.05) is 0 Å². The van der Waals surface area contributed by atoms with Gasteiger partial charge in [0, 0.05) is 17.8 Å². The highest BCUT2D eigenvalue weighted by Crippen LogP contribution is 2.32. The molecule has 0 bridgehead atoms. The topological polar surface area (TPSA) is 17.8 Å². The number of hydrogen-bond acceptors (Lipinski definition) is 1. The van der Waals surface area contributed by atoms with E-state index in [1.165, 1.54) is 29.7 Å². The maximum atomic E-state index is 4.73. The summed E-state index contributed by atoms with van der Waals surface area (Å²) < 4.78 is 3.29. The van der Waals surface area contributed by atoms with Gasteiger partial charge in [0.05, 0.1) is 5.69 Å². The molecular formula is C17H21BrN2. The van der Waals surface area contributed by atoms with Crippen LogP contribution in [0.1, 0.15) is 44.9 Å². The first-order valence-electron chi connectivity index (χ1n) is 7.32. The minimum absolute atomic E-state index is 0.201. The maximum absolute atomic E-state index is 4.73. The van der Waals surface area contributed by atoms with Crippen molar-refractivity contribution in [2.45, 2.75) is 52.0 Å². The summed E-state index contributed by atoms with van der Waals surface area (Å²) in [5, 5.41) is 0. The first-order valence-corrected chi connectivity index (χ1v) is 8.12. The number of benzene rings is 1. The maximum Gasteiger partial charge on any atom is 0.177 e. The Kier molecular flexibility index (Phi) is 3.49. The van der Waals surface area contributed by atoms with E-state index < -0.39 is 0 Å². The van der Waals surface area contributed by atoms with Gasteiger partial charge in [-0.1, -0.05) is 45.0 Å². The number of rotatable bonds is 1. The second-order valence-electron chi connectivity index (χ2n) is 6.61. The first kappa shape index (κ1) is 13.9. The Labute approximate surface area is 129 Å². The molecule has 1 aromatic carbocycles. The fourth-order valence-corrected chi connectivity index (χ4v) is 3.43. The monoisotopic (exact) mass is 332 g/mol. The van der Waals surface area contributed by atoms with Crippen molar-refractivity contribution in [3.63, 3.8) is 0 Å². The van der Waals surface area contributed by atoms with Gasteiger partial charge in [-0.05, 0) is 46.2 Å². The van der Waals surface area contributed by atoms with Crippen LogP contribution < -0.4 is 0 Å². The third-order valence-corrected chi connectivity index (χ3v) is 4.70. The molecule has 1 aromatic heterocycles. The molecule has 0 atom stereocenters. The van der Waals surface area contributed by atoms with E-state index in [2.05, 4.69) is 65.5 Å². The molecule has 0 saturated heterocycles. The van der Waals surface area contributed by atoms with Gasteiger partial charge in [0.15, 0.2) is 4.73 Å². The summed E-state index contributed by atoms with van der Waals surface area (Å²) in [5.41, 5.74) is 5.33. The third kappa shape index (κ3) is 2.44. The molecule has 0 aliphatic carbocycles. The van der Waals surface area contributed by atoms with Gasteiger partial charge in [0.1, 0.15) is 0 Å². The van der Waals surface area contributed by atoms with Crippen molar-refractivity contribution in [1.29, 1.82) is 0 Å². The van der Waals surface area contributed by atoms with Crippen LogP contribution in [-0.4, -0.2) is 9.55 Å². The van der Waals surface area contributed by atoms with Crippen molar-refractivity contribution >= 4 is 15.9 Å². The molecule has 0 spiro atoms. The average molecular weight is 333 g/mol. The van der Waals surface area contributed by atoms with Gasteiger partial charge in [-0.2, -0.15) is 0 Å². The van der Waals surface area contributed by atoms with Crippen molar-refractivity contribution in [3.8, 4) is 11.3 Å². The van der Waals surface area contributed by atoms with Gasteiger partial charge in [0.2, 0.25) is 0 Å². The van der Waals surface area contributed by atoms with E-state index in [9.17, 15) is 0 Å². The van der Waals surface area contributed by atoms with Gasteiger partial charge in [-0.3, -0.25) is 0 Å².